The fraction of sp³-hybridized carbons (Fsp3) is 1.00. The highest BCUT2D eigenvalue weighted by Crippen LogP contribution is 2.26. The monoisotopic (exact) mass is 1770 g/mol. The number of quaternary nitrogens is 2. The average Bonchev–Trinajstić information content (AvgIpc) is 1.02. The zero-order chi connectivity index (χ0) is 67.0. The molecule has 0 aromatic carbocycles. The molecule has 8 saturated heterocycles. The summed E-state index contributed by atoms with van der Waals surface area (Å²) in [5, 5.41) is 57.2. The second kappa shape index (κ2) is 83.7. The maximum absolute atomic E-state index is 9.71. The number of nitrogens with one attached hydrogen (secondary N) is 1. The van der Waals surface area contributed by atoms with Gasteiger partial charge in [0, 0.05) is 25.7 Å². The number of unbranched alkanes of at least 4 members (excludes halogenated alkanes) is 3. The van der Waals surface area contributed by atoms with E-state index < -0.39 is 11.6 Å². The van der Waals surface area contributed by atoms with E-state index >= 15 is 0 Å². The van der Waals surface area contributed by atoms with E-state index in [0.717, 1.165) is 42.6 Å². The Morgan fingerprint density at radius 2 is 0.857 bits per heavy atom. The first-order valence-electron chi connectivity index (χ1n) is 37.4. The first-order valence-corrected chi connectivity index (χ1v) is 37.4. The lowest BCUT2D eigenvalue weighted by atomic mass is 9.89. The zero-order valence-electron chi connectivity index (χ0n) is 65.8. The normalized spacial score (nSPS) is 18.7. The van der Waals surface area contributed by atoms with E-state index in [4.69, 9.17) is 25.5 Å². The highest BCUT2D eigenvalue weighted by molar-refractivity contribution is 4.87. The van der Waals surface area contributed by atoms with E-state index in [9.17, 15) is 5.11 Å². The van der Waals surface area contributed by atoms with E-state index in [-0.39, 0.29) is 170 Å². The number of likely N-dealkylation sites (N-methyl/N-ethyl adjacent to an activating group) is 3. The van der Waals surface area contributed by atoms with Gasteiger partial charge < -0.3 is 209 Å². The third-order valence-electron chi connectivity index (χ3n) is 18.8. The van der Waals surface area contributed by atoms with Gasteiger partial charge in [0.15, 0.2) is 0 Å². The van der Waals surface area contributed by atoms with Crippen molar-refractivity contribution < 1.29 is 170 Å². The van der Waals surface area contributed by atoms with Gasteiger partial charge in [-0.3, -0.25) is 4.90 Å². The van der Waals surface area contributed by atoms with Crippen LogP contribution in [0.4, 0.5) is 0 Å². The molecule has 0 amide bonds. The number of aliphatic hydroxyl groups excluding tert-OH is 6. The molecule has 2 bridgehead atoms. The summed E-state index contributed by atoms with van der Waals surface area (Å²) in [5.74, 6) is 1.11. The summed E-state index contributed by atoms with van der Waals surface area (Å²) in [7, 11) is 14.3. The van der Waals surface area contributed by atoms with Crippen molar-refractivity contribution in [2.45, 2.75) is 221 Å². The molecule has 7 N–H and O–H groups in total. The molecular formula is C72H161Br4Cl5N11O6-7. The lowest BCUT2D eigenvalue weighted by molar-refractivity contribution is -0.890. The summed E-state index contributed by atoms with van der Waals surface area (Å²) in [6, 6.07) is 0.769. The minimum Gasteiger partial charge on any atom is -1.00 e. The van der Waals surface area contributed by atoms with Gasteiger partial charge in [0.25, 0.3) is 0 Å². The fourth-order valence-corrected chi connectivity index (χ4v) is 12.0. The molecule has 8 fully saturated rings. The number of hydrogen-bond donors (Lipinski definition) is 7. The van der Waals surface area contributed by atoms with Crippen molar-refractivity contribution >= 4 is 0 Å². The Hall–Kier alpha value is 2.69. The van der Waals surface area contributed by atoms with Gasteiger partial charge in [0.1, 0.15) is 19.2 Å². The van der Waals surface area contributed by atoms with Crippen LogP contribution in [0.3, 0.4) is 0 Å². The minimum atomic E-state index is -1.12. The van der Waals surface area contributed by atoms with E-state index in [1.54, 1.807) is 0 Å². The van der Waals surface area contributed by atoms with Crippen LogP contribution in [0.2, 0.25) is 0 Å². The van der Waals surface area contributed by atoms with E-state index in [0.29, 0.717) is 11.0 Å². The molecule has 1 unspecified atom stereocenters. The van der Waals surface area contributed by atoms with Crippen LogP contribution in [-0.4, -0.2) is 342 Å². The van der Waals surface area contributed by atoms with E-state index in [1.807, 2.05) is 28.2 Å². The van der Waals surface area contributed by atoms with Crippen molar-refractivity contribution in [3.63, 3.8) is 0 Å². The second-order valence-corrected chi connectivity index (χ2v) is 29.1. The molecule has 0 aromatic rings. The van der Waals surface area contributed by atoms with Crippen LogP contribution in [0.25, 0.3) is 0 Å². The third kappa shape index (κ3) is 75.5. The van der Waals surface area contributed by atoms with Crippen molar-refractivity contribution in [1.82, 2.24) is 44.5 Å². The molecule has 8 aliphatic rings. The zero-order valence-corrected chi connectivity index (χ0v) is 75.9. The molecule has 1 atom stereocenters. The van der Waals surface area contributed by atoms with E-state index in [1.165, 1.54) is 272 Å². The molecule has 0 aliphatic carbocycles. The van der Waals surface area contributed by atoms with Gasteiger partial charge in [-0.15, -0.1) is 0 Å². The number of rotatable bonds is 28. The van der Waals surface area contributed by atoms with Gasteiger partial charge >= 0.3 is 0 Å². The molecule has 8 rings (SSSR count). The summed E-state index contributed by atoms with van der Waals surface area (Å²) in [4.78, 5) is 19.8. The van der Waals surface area contributed by atoms with Crippen molar-refractivity contribution in [1.29, 1.82) is 0 Å². The second-order valence-electron chi connectivity index (χ2n) is 29.1. The summed E-state index contributed by atoms with van der Waals surface area (Å²) < 4.78 is 1.44. The Balaban J connectivity index is -0.0000000962. The van der Waals surface area contributed by atoms with Crippen LogP contribution in [0.1, 0.15) is 203 Å². The Bertz CT molecular complexity index is 1440. The molecule has 0 radical (unpaired) electrons. The summed E-state index contributed by atoms with van der Waals surface area (Å²) in [6.07, 6.45) is 32.0. The van der Waals surface area contributed by atoms with Crippen LogP contribution >= 0.6 is 0 Å². The number of hydrogen-bond acceptors (Lipinski definition) is 15. The lowest BCUT2D eigenvalue weighted by Crippen LogP contribution is -3.00. The van der Waals surface area contributed by atoms with E-state index in [2.05, 4.69) is 121 Å². The Morgan fingerprint density at radius 3 is 1.12 bits per heavy atom. The quantitative estimate of drug-likeness (QED) is 0.0371. The summed E-state index contributed by atoms with van der Waals surface area (Å²) in [6.45, 7) is 46.8. The molecule has 8 heterocycles. The van der Waals surface area contributed by atoms with Gasteiger partial charge in [-0.2, -0.15) is 0 Å². The first kappa shape index (κ1) is 124. The minimum absolute atomic E-state index is 0. The number of likely N-dealkylation sites (tertiary alicyclic amines) is 5. The standard InChI is InChI=1S/C10H25N2O4.C9H23N2O2.C9H19N.2C8H17N.C8H19N.C7H13N.C7H15N.C6H13N.4BrH.5ClH/c1-12(2,3)5-9(16)4-11-10(6-13,7-14)8-15;1-10(5-8-12)4-6-11(2,3)7-9-13;1-2-3-7-10-8-5-4-6-9-10;1-8(2)9-6-4-3-5-7-9;1-2-3-6-9-7-4-5-8-9;1-4-7-8-9(5-2)6-3;1-4-8-5-2-7(1)3-6-8;1-2-8-6-4-3-5-7-8;1-7-5-3-2-4-6-7;;;;;;;;;/h9,11,13-16H,4-8H2,1-3H3;12-13H,4-9H2,1-3H3;2-9H2,1H3;8H,3-7H2,1-2H3;2-8H2,1H3;4-8H2,1-3H3;7H,1-6H2;2-7H2,1H3;2-6H2,1H3;9*1H/q2*+1;;;;;;;;;;;;;;;;/p-9. The van der Waals surface area contributed by atoms with Gasteiger partial charge in [0.05, 0.1) is 80.4 Å². The maximum atomic E-state index is 9.71. The summed E-state index contributed by atoms with van der Waals surface area (Å²) >= 11 is 0. The van der Waals surface area contributed by atoms with Crippen molar-refractivity contribution in [3.05, 3.63) is 0 Å². The van der Waals surface area contributed by atoms with Crippen LogP contribution in [0.15, 0.2) is 0 Å². The Kier molecular flexibility index (Phi) is 106. The molecule has 17 nitrogen and oxygen atoms in total. The molecule has 610 valence electrons. The highest BCUT2D eigenvalue weighted by Gasteiger charge is 2.29. The SMILES string of the molecule is C1CN2CCC1CC2.CC(C)N1CCCCC1.CCCCN(CC)CC.CCCCN1CCCC1.CCCCN1CCCCC1.CCN1CCCCC1.CN(CCO)CC[N+](C)(C)CCO.CN1CCCCC1.C[N+](C)(C)CC(O)CNC(CO)(CO)CO.[Br-].[Br-].[Br-].[Br-].[Cl-].[Cl-].[Cl-].[Cl-].[Cl-]. The largest absolute Gasteiger partial charge is 1.00 e. The van der Waals surface area contributed by atoms with Crippen LogP contribution < -0.4 is 135 Å². The predicted octanol–water partition coefficient (Wildman–Crippen LogP) is -18.8. The smallest absolute Gasteiger partial charge is 0.115 e. The molecule has 0 spiro atoms. The summed E-state index contributed by atoms with van der Waals surface area (Å²) in [5.41, 5.74) is -1.12. The number of nitrogens with zero attached hydrogens (tertiary/aromatic N) is 10. The van der Waals surface area contributed by atoms with Gasteiger partial charge in [0.2, 0.25) is 0 Å². The topological polar surface area (TPSA) is 159 Å². The number of aliphatic hydroxyl groups is 6. The van der Waals surface area contributed by atoms with Gasteiger partial charge in [-0.1, -0.05) is 86.5 Å². The van der Waals surface area contributed by atoms with Crippen molar-refractivity contribution in [3.8, 4) is 0 Å². The highest BCUT2D eigenvalue weighted by atomic mass is 79.9. The number of piperidine rings is 7. The lowest BCUT2D eigenvalue weighted by Gasteiger charge is -2.38. The molecule has 8 aliphatic heterocycles. The van der Waals surface area contributed by atoms with Gasteiger partial charge in [-0.05, 0) is 261 Å². The Morgan fingerprint density at radius 1 is 0.480 bits per heavy atom. The van der Waals surface area contributed by atoms with Crippen LogP contribution in [-0.2, 0) is 0 Å². The first-order chi connectivity index (χ1) is 42.6. The van der Waals surface area contributed by atoms with Crippen molar-refractivity contribution in [2.75, 3.05) is 246 Å². The van der Waals surface area contributed by atoms with Gasteiger partial charge in [-0.25, -0.2) is 0 Å². The molecule has 0 saturated carbocycles. The number of halogens is 9. The van der Waals surface area contributed by atoms with Crippen LogP contribution in [0.5, 0.6) is 0 Å². The number of fused-ring (bicyclic) bond motifs is 3. The predicted molar refractivity (Wildman–Crippen MR) is 385 cm³/mol. The average molecular weight is 1770 g/mol. The van der Waals surface area contributed by atoms with Crippen molar-refractivity contribution in [2.24, 2.45) is 5.92 Å². The molecule has 98 heavy (non-hydrogen) atoms. The molecule has 0 aromatic heterocycles. The molecule has 26 heteroatoms. The fourth-order valence-electron chi connectivity index (χ4n) is 12.0. The Labute approximate surface area is 681 Å². The van der Waals surface area contributed by atoms with Crippen LogP contribution in [0, 0.1) is 5.92 Å². The molecular weight excluding hydrogens is 1610 g/mol. The number of β-amino-alcohol motifs (C(OH)–C–C–N with tert-alkyl or cyclic N) is 1. The third-order valence-corrected chi connectivity index (χ3v) is 18.8. The maximum Gasteiger partial charge on any atom is 0.115 e.